The molecule has 0 radical (unpaired) electrons. The number of fused-ring (bicyclic) bond motifs is 1. The Hall–Kier alpha value is -2.80. The highest BCUT2D eigenvalue weighted by Crippen LogP contribution is 2.25. The van der Waals surface area contributed by atoms with Crippen LogP contribution in [0.1, 0.15) is 23.6 Å². The monoisotopic (exact) mass is 422 g/mol. The van der Waals surface area contributed by atoms with Gasteiger partial charge in [0.1, 0.15) is 11.6 Å². The topological polar surface area (TPSA) is 65.0 Å². The van der Waals surface area contributed by atoms with Gasteiger partial charge in [-0.05, 0) is 41.8 Å². The Morgan fingerprint density at radius 3 is 2.68 bits per heavy atom. The van der Waals surface area contributed by atoms with Crippen LogP contribution in [-0.2, 0) is 19.4 Å². The van der Waals surface area contributed by atoms with Crippen molar-refractivity contribution in [3.8, 4) is 5.75 Å². The number of likely N-dealkylation sites (N-methyl/N-ethyl adjacent to an activating group) is 1. The minimum atomic E-state index is 0.701. The smallest absolute Gasteiger partial charge is 0.191 e. The van der Waals surface area contributed by atoms with Gasteiger partial charge in [-0.1, -0.05) is 25.1 Å². The number of guanidine groups is 1. The number of hydrogen-bond acceptors (Lipinski definition) is 5. The quantitative estimate of drug-likeness (QED) is 0.526. The zero-order chi connectivity index (χ0) is 21.5. The summed E-state index contributed by atoms with van der Waals surface area (Å²) in [4.78, 5) is 13.9. The number of anilines is 1. The lowest BCUT2D eigenvalue weighted by atomic mass is 10.1. The van der Waals surface area contributed by atoms with Crippen molar-refractivity contribution < 1.29 is 4.74 Å². The van der Waals surface area contributed by atoms with Crippen molar-refractivity contribution in [2.45, 2.75) is 26.3 Å². The minimum Gasteiger partial charge on any atom is -0.493 e. The highest BCUT2D eigenvalue weighted by Gasteiger charge is 2.16. The van der Waals surface area contributed by atoms with Crippen molar-refractivity contribution in [1.29, 1.82) is 0 Å². The summed E-state index contributed by atoms with van der Waals surface area (Å²) in [5, 5.41) is 6.79. The summed E-state index contributed by atoms with van der Waals surface area (Å²) >= 11 is 0. The molecule has 0 bridgehead atoms. The SMILES string of the molecule is CCN1CCN(c2ccc(CNC(=NC)NCCc3ccc4c(c3)CCO4)cn2)CC1. The molecular weight excluding hydrogens is 388 g/mol. The summed E-state index contributed by atoms with van der Waals surface area (Å²) in [6, 6.07) is 10.8. The first kappa shape index (κ1) is 21.4. The molecule has 31 heavy (non-hydrogen) atoms. The highest BCUT2D eigenvalue weighted by molar-refractivity contribution is 5.79. The van der Waals surface area contributed by atoms with E-state index in [0.29, 0.717) is 6.54 Å². The fraction of sp³-hybridized carbons (Fsp3) is 0.500. The molecule has 7 nitrogen and oxygen atoms in total. The average Bonchev–Trinajstić information content (AvgIpc) is 3.30. The fourth-order valence-electron chi connectivity index (χ4n) is 4.13. The molecule has 1 aromatic carbocycles. The van der Waals surface area contributed by atoms with Crippen LogP contribution in [0.2, 0.25) is 0 Å². The molecule has 4 rings (SSSR count). The molecule has 0 amide bonds. The van der Waals surface area contributed by atoms with E-state index in [1.807, 2.05) is 6.20 Å². The van der Waals surface area contributed by atoms with Crippen LogP contribution in [0.5, 0.6) is 5.75 Å². The van der Waals surface area contributed by atoms with Gasteiger partial charge in [0, 0.05) is 58.9 Å². The Balaban J connectivity index is 1.20. The van der Waals surface area contributed by atoms with Gasteiger partial charge in [-0.2, -0.15) is 0 Å². The molecule has 166 valence electrons. The maximum Gasteiger partial charge on any atom is 0.191 e. The van der Waals surface area contributed by atoms with E-state index in [1.165, 1.54) is 11.1 Å². The molecule has 1 saturated heterocycles. The second-order valence-corrected chi connectivity index (χ2v) is 8.09. The van der Waals surface area contributed by atoms with Crippen LogP contribution in [0.25, 0.3) is 0 Å². The van der Waals surface area contributed by atoms with Crippen molar-refractivity contribution in [1.82, 2.24) is 20.5 Å². The molecule has 2 aliphatic rings. The van der Waals surface area contributed by atoms with Crippen molar-refractivity contribution in [2.24, 2.45) is 4.99 Å². The molecule has 0 saturated carbocycles. The predicted octanol–water partition coefficient (Wildman–Crippen LogP) is 2.07. The molecule has 7 heteroatoms. The van der Waals surface area contributed by atoms with Crippen molar-refractivity contribution in [2.75, 3.05) is 57.8 Å². The number of benzene rings is 1. The zero-order valence-electron chi connectivity index (χ0n) is 18.7. The van der Waals surface area contributed by atoms with Gasteiger partial charge in [0.05, 0.1) is 6.61 Å². The summed E-state index contributed by atoms with van der Waals surface area (Å²) in [7, 11) is 1.80. The molecule has 1 fully saturated rings. The largest absolute Gasteiger partial charge is 0.493 e. The highest BCUT2D eigenvalue weighted by atomic mass is 16.5. The van der Waals surface area contributed by atoms with Gasteiger partial charge in [-0.15, -0.1) is 0 Å². The van der Waals surface area contributed by atoms with Gasteiger partial charge in [-0.3, -0.25) is 4.99 Å². The van der Waals surface area contributed by atoms with Crippen LogP contribution < -0.4 is 20.3 Å². The molecule has 2 aliphatic heterocycles. The fourth-order valence-corrected chi connectivity index (χ4v) is 4.13. The van der Waals surface area contributed by atoms with Gasteiger partial charge < -0.3 is 25.2 Å². The molecular formula is C24H34N6O. The number of ether oxygens (including phenoxy) is 1. The predicted molar refractivity (Wildman–Crippen MR) is 126 cm³/mol. The standard InChI is InChI=1S/C24H34N6O/c1-3-29-11-13-30(14-12-29)23-7-5-20(17-27-23)18-28-24(25-2)26-10-8-19-4-6-22-21(16-19)9-15-31-22/h4-7,16-17H,3,8-15,18H2,1-2H3,(H2,25,26,28). The van der Waals surface area contributed by atoms with Crippen LogP contribution in [0.4, 0.5) is 5.82 Å². The van der Waals surface area contributed by atoms with Crippen molar-refractivity contribution >= 4 is 11.8 Å². The van der Waals surface area contributed by atoms with E-state index in [0.717, 1.165) is 81.8 Å². The molecule has 0 unspecified atom stereocenters. The number of pyridine rings is 1. The molecule has 0 atom stereocenters. The first-order chi connectivity index (χ1) is 15.2. The Labute approximate surface area is 185 Å². The average molecular weight is 423 g/mol. The number of piperazine rings is 1. The molecule has 0 aliphatic carbocycles. The van der Waals surface area contributed by atoms with Crippen molar-refractivity contribution in [3.05, 3.63) is 53.2 Å². The number of nitrogens with one attached hydrogen (secondary N) is 2. The lowest BCUT2D eigenvalue weighted by molar-refractivity contribution is 0.270. The maximum absolute atomic E-state index is 5.58. The summed E-state index contributed by atoms with van der Waals surface area (Å²) in [6.07, 6.45) is 3.94. The number of aliphatic imine (C=N–C) groups is 1. The van der Waals surface area contributed by atoms with E-state index in [1.54, 1.807) is 7.05 Å². The second kappa shape index (κ2) is 10.5. The van der Waals surface area contributed by atoms with Gasteiger partial charge in [0.2, 0.25) is 0 Å². The lowest BCUT2D eigenvalue weighted by Crippen LogP contribution is -2.46. The lowest BCUT2D eigenvalue weighted by Gasteiger charge is -2.34. The molecule has 1 aromatic heterocycles. The Morgan fingerprint density at radius 1 is 1.10 bits per heavy atom. The molecule has 2 aromatic rings. The van der Waals surface area contributed by atoms with Crippen LogP contribution in [-0.4, -0.2) is 68.8 Å². The summed E-state index contributed by atoms with van der Waals surface area (Å²) in [5.41, 5.74) is 3.80. The van der Waals surface area contributed by atoms with Gasteiger partial charge in [0.25, 0.3) is 0 Å². The van der Waals surface area contributed by atoms with Crippen LogP contribution in [0.3, 0.4) is 0 Å². The van der Waals surface area contributed by atoms with Gasteiger partial charge >= 0.3 is 0 Å². The number of hydrogen-bond donors (Lipinski definition) is 2. The number of rotatable bonds is 7. The molecule has 0 spiro atoms. The summed E-state index contributed by atoms with van der Waals surface area (Å²) < 4.78 is 5.58. The first-order valence-corrected chi connectivity index (χ1v) is 11.4. The van der Waals surface area contributed by atoms with E-state index < -0.39 is 0 Å². The first-order valence-electron chi connectivity index (χ1n) is 11.4. The van der Waals surface area contributed by atoms with Crippen molar-refractivity contribution in [3.63, 3.8) is 0 Å². The second-order valence-electron chi connectivity index (χ2n) is 8.09. The van der Waals surface area contributed by atoms with E-state index in [2.05, 4.69) is 67.7 Å². The Morgan fingerprint density at radius 2 is 1.94 bits per heavy atom. The van der Waals surface area contributed by atoms with E-state index >= 15 is 0 Å². The Bertz CT molecular complexity index is 874. The molecule has 3 heterocycles. The molecule has 2 N–H and O–H groups in total. The Kier molecular flexibility index (Phi) is 7.25. The third-order valence-electron chi connectivity index (χ3n) is 6.10. The van der Waals surface area contributed by atoms with Crippen LogP contribution in [0, 0.1) is 0 Å². The van der Waals surface area contributed by atoms with Crippen LogP contribution in [0.15, 0.2) is 41.5 Å². The van der Waals surface area contributed by atoms with E-state index in [-0.39, 0.29) is 0 Å². The normalized spacial score (nSPS) is 16.7. The minimum absolute atomic E-state index is 0.701. The third kappa shape index (κ3) is 5.67. The number of nitrogens with zero attached hydrogens (tertiary/aromatic N) is 4. The zero-order valence-corrected chi connectivity index (χ0v) is 18.7. The summed E-state index contributed by atoms with van der Waals surface area (Å²) in [6.45, 7) is 10.0. The van der Waals surface area contributed by atoms with E-state index in [9.17, 15) is 0 Å². The summed E-state index contributed by atoms with van der Waals surface area (Å²) in [5.74, 6) is 2.92. The van der Waals surface area contributed by atoms with Gasteiger partial charge in [-0.25, -0.2) is 4.98 Å². The maximum atomic E-state index is 5.58. The van der Waals surface area contributed by atoms with E-state index in [4.69, 9.17) is 4.74 Å². The van der Waals surface area contributed by atoms with Crippen LogP contribution >= 0.6 is 0 Å². The third-order valence-corrected chi connectivity index (χ3v) is 6.10. The number of aromatic nitrogens is 1. The van der Waals surface area contributed by atoms with Gasteiger partial charge in [0.15, 0.2) is 5.96 Å².